The molecule has 3 aromatic rings. The number of anilines is 1. The highest BCUT2D eigenvalue weighted by molar-refractivity contribution is 6.29. The van der Waals surface area contributed by atoms with Crippen LogP contribution in [0.1, 0.15) is 17.7 Å². The number of carbonyl (C=O) groups excluding carboxylic acids is 1. The number of benzene rings is 1. The molecule has 3 N–H and O–H groups in total. The Morgan fingerprint density at radius 3 is 2.89 bits per heavy atom. The summed E-state index contributed by atoms with van der Waals surface area (Å²) in [5.41, 5.74) is 7.41. The van der Waals surface area contributed by atoms with Gasteiger partial charge in [0, 0.05) is 55.5 Å². The minimum atomic E-state index is -0.175. The molecule has 1 aromatic carbocycles. The van der Waals surface area contributed by atoms with Gasteiger partial charge in [-0.1, -0.05) is 28.9 Å². The lowest BCUT2D eigenvalue weighted by atomic mass is 10.0. The largest absolute Gasteiger partial charge is 0.404 e. The molecule has 0 aliphatic heterocycles. The average molecular weight is 384 g/mol. The SMILES string of the molecule is CN=C/C(=C\N)c1ccc2cnc(NC(=O)CCc3cc(Cl)no3)cc2c1. The maximum absolute atomic E-state index is 12.1. The van der Waals surface area contributed by atoms with E-state index in [4.69, 9.17) is 21.9 Å². The van der Waals surface area contributed by atoms with Gasteiger partial charge in [0.25, 0.3) is 0 Å². The Morgan fingerprint density at radius 2 is 2.19 bits per heavy atom. The number of halogens is 1. The molecule has 138 valence electrons. The highest BCUT2D eigenvalue weighted by atomic mass is 35.5. The molecule has 3 rings (SSSR count). The average Bonchev–Trinajstić information content (AvgIpc) is 3.09. The number of nitrogens with zero attached hydrogens (tertiary/aromatic N) is 3. The number of carbonyl (C=O) groups is 1. The first-order valence-electron chi connectivity index (χ1n) is 8.24. The van der Waals surface area contributed by atoms with E-state index in [0.29, 0.717) is 18.0 Å². The number of hydrogen-bond donors (Lipinski definition) is 2. The highest BCUT2D eigenvalue weighted by Gasteiger charge is 2.09. The van der Waals surface area contributed by atoms with Gasteiger partial charge in [-0.05, 0) is 23.1 Å². The standard InChI is InChI=1S/C19H18ClN5O2/c1-22-10-15(9-21)12-2-3-13-11-23-18(7-14(13)6-12)24-19(26)5-4-16-8-17(20)25-27-16/h2-3,6-11H,4-5,21H2,1H3,(H,23,24,26)/b15-9+,22-10?. The Morgan fingerprint density at radius 1 is 1.33 bits per heavy atom. The van der Waals surface area contributed by atoms with Gasteiger partial charge in [0.1, 0.15) is 11.6 Å². The Balaban J connectivity index is 1.73. The Labute approximate surface area is 160 Å². The van der Waals surface area contributed by atoms with Gasteiger partial charge in [-0.15, -0.1) is 0 Å². The maximum atomic E-state index is 12.1. The molecule has 0 radical (unpaired) electrons. The van der Waals surface area contributed by atoms with Crippen LogP contribution in [-0.2, 0) is 11.2 Å². The lowest BCUT2D eigenvalue weighted by Gasteiger charge is -2.07. The normalized spacial score (nSPS) is 12.0. The van der Waals surface area contributed by atoms with Gasteiger partial charge < -0.3 is 15.6 Å². The third kappa shape index (κ3) is 4.71. The minimum absolute atomic E-state index is 0.175. The fourth-order valence-electron chi connectivity index (χ4n) is 2.59. The topological polar surface area (TPSA) is 106 Å². The van der Waals surface area contributed by atoms with E-state index in [1.807, 2.05) is 24.3 Å². The summed E-state index contributed by atoms with van der Waals surface area (Å²) in [6.07, 6.45) is 5.56. The number of nitrogens with two attached hydrogens (primary N) is 1. The van der Waals surface area contributed by atoms with Crippen molar-refractivity contribution >= 4 is 45.9 Å². The molecule has 7 nitrogen and oxygen atoms in total. The van der Waals surface area contributed by atoms with Gasteiger partial charge in [0.15, 0.2) is 5.15 Å². The minimum Gasteiger partial charge on any atom is -0.404 e. The maximum Gasteiger partial charge on any atom is 0.225 e. The lowest BCUT2D eigenvalue weighted by molar-refractivity contribution is -0.116. The van der Waals surface area contributed by atoms with Crippen molar-refractivity contribution in [3.8, 4) is 0 Å². The summed E-state index contributed by atoms with van der Waals surface area (Å²) in [6, 6.07) is 9.28. The summed E-state index contributed by atoms with van der Waals surface area (Å²) in [5.74, 6) is 0.860. The molecule has 0 aliphatic rings. The molecule has 2 aromatic heterocycles. The number of allylic oxidation sites excluding steroid dienone is 1. The smallest absolute Gasteiger partial charge is 0.225 e. The molecule has 0 fully saturated rings. The van der Waals surface area contributed by atoms with Gasteiger partial charge >= 0.3 is 0 Å². The van der Waals surface area contributed by atoms with Crippen molar-refractivity contribution in [2.45, 2.75) is 12.8 Å². The van der Waals surface area contributed by atoms with Crippen molar-refractivity contribution in [3.63, 3.8) is 0 Å². The summed E-state index contributed by atoms with van der Waals surface area (Å²) in [5, 5.41) is 8.53. The highest BCUT2D eigenvalue weighted by Crippen LogP contribution is 2.22. The summed E-state index contributed by atoms with van der Waals surface area (Å²) in [4.78, 5) is 20.4. The van der Waals surface area contributed by atoms with Crippen LogP contribution in [0.4, 0.5) is 5.82 Å². The number of hydrogen-bond acceptors (Lipinski definition) is 6. The molecule has 0 spiro atoms. The predicted octanol–water partition coefficient (Wildman–Crippen LogP) is 3.45. The van der Waals surface area contributed by atoms with Crippen molar-refractivity contribution in [2.75, 3.05) is 12.4 Å². The van der Waals surface area contributed by atoms with E-state index in [1.165, 1.54) is 6.20 Å². The molecule has 2 heterocycles. The fourth-order valence-corrected chi connectivity index (χ4v) is 2.75. The lowest BCUT2D eigenvalue weighted by Crippen LogP contribution is -2.13. The molecule has 0 unspecified atom stereocenters. The number of aromatic nitrogens is 2. The number of rotatable bonds is 6. The number of amides is 1. The molecule has 8 heteroatoms. The van der Waals surface area contributed by atoms with Gasteiger partial charge in [-0.3, -0.25) is 9.79 Å². The van der Waals surface area contributed by atoms with Crippen LogP contribution in [-0.4, -0.2) is 29.3 Å². The molecular weight excluding hydrogens is 366 g/mol. The van der Waals surface area contributed by atoms with E-state index >= 15 is 0 Å². The molecular formula is C19H18ClN5O2. The van der Waals surface area contributed by atoms with Gasteiger partial charge in [0.05, 0.1) is 0 Å². The Bertz CT molecular complexity index is 1030. The monoisotopic (exact) mass is 383 g/mol. The quantitative estimate of drug-likeness (QED) is 0.634. The summed E-state index contributed by atoms with van der Waals surface area (Å²) in [7, 11) is 1.69. The van der Waals surface area contributed by atoms with Crippen LogP contribution in [0.5, 0.6) is 0 Å². The van der Waals surface area contributed by atoms with Crippen LogP contribution in [0.25, 0.3) is 16.3 Å². The number of aryl methyl sites for hydroxylation is 1. The molecule has 0 saturated carbocycles. The number of aliphatic imine (C=N–C) groups is 1. The van der Waals surface area contributed by atoms with Gasteiger partial charge in [-0.25, -0.2) is 4.98 Å². The van der Waals surface area contributed by atoms with Crippen LogP contribution in [0.15, 0.2) is 52.2 Å². The first-order chi connectivity index (χ1) is 13.1. The second kappa shape index (κ2) is 8.46. The first-order valence-corrected chi connectivity index (χ1v) is 8.62. The zero-order valence-electron chi connectivity index (χ0n) is 14.6. The van der Waals surface area contributed by atoms with Gasteiger partial charge in [-0.2, -0.15) is 0 Å². The van der Waals surface area contributed by atoms with Crippen molar-refractivity contribution < 1.29 is 9.32 Å². The Kier molecular flexibility index (Phi) is 5.83. The molecule has 27 heavy (non-hydrogen) atoms. The van der Waals surface area contributed by atoms with Crippen molar-refractivity contribution in [3.05, 3.63) is 59.2 Å². The molecule has 0 bridgehead atoms. The third-order valence-corrected chi connectivity index (χ3v) is 4.08. The second-order valence-corrected chi connectivity index (χ2v) is 6.19. The van der Waals surface area contributed by atoms with E-state index in [9.17, 15) is 4.79 Å². The van der Waals surface area contributed by atoms with Crippen molar-refractivity contribution in [2.24, 2.45) is 10.7 Å². The van der Waals surface area contributed by atoms with E-state index in [1.54, 1.807) is 25.5 Å². The van der Waals surface area contributed by atoms with Gasteiger partial charge in [0.2, 0.25) is 5.91 Å². The van der Waals surface area contributed by atoms with Crippen LogP contribution in [0.2, 0.25) is 5.15 Å². The van der Waals surface area contributed by atoms with E-state index in [0.717, 1.165) is 21.9 Å². The summed E-state index contributed by atoms with van der Waals surface area (Å²) < 4.78 is 4.98. The molecule has 0 atom stereocenters. The molecule has 1 amide bonds. The van der Waals surface area contributed by atoms with Crippen LogP contribution < -0.4 is 11.1 Å². The summed E-state index contributed by atoms with van der Waals surface area (Å²) >= 11 is 5.69. The number of fused-ring (bicyclic) bond motifs is 1. The van der Waals surface area contributed by atoms with E-state index in [2.05, 4.69) is 20.4 Å². The molecule has 0 saturated heterocycles. The second-order valence-electron chi connectivity index (χ2n) is 5.80. The van der Waals surface area contributed by atoms with Crippen LogP contribution in [0.3, 0.4) is 0 Å². The van der Waals surface area contributed by atoms with Crippen LogP contribution in [0, 0.1) is 0 Å². The third-order valence-electron chi connectivity index (χ3n) is 3.90. The molecule has 0 aliphatic carbocycles. The van der Waals surface area contributed by atoms with Crippen LogP contribution >= 0.6 is 11.6 Å². The predicted molar refractivity (Wildman–Crippen MR) is 107 cm³/mol. The number of nitrogens with one attached hydrogen (secondary N) is 1. The zero-order valence-corrected chi connectivity index (χ0v) is 15.4. The Hall–Kier alpha value is -3.19. The first kappa shape index (κ1) is 18.6. The van der Waals surface area contributed by atoms with Crippen molar-refractivity contribution in [1.82, 2.24) is 10.1 Å². The fraction of sp³-hybridized carbons (Fsp3) is 0.158. The summed E-state index contributed by atoms with van der Waals surface area (Å²) in [6.45, 7) is 0. The zero-order chi connectivity index (χ0) is 19.2. The number of pyridine rings is 1. The van der Waals surface area contributed by atoms with E-state index in [-0.39, 0.29) is 17.5 Å². The van der Waals surface area contributed by atoms with E-state index < -0.39 is 0 Å². The van der Waals surface area contributed by atoms with Crippen molar-refractivity contribution in [1.29, 1.82) is 0 Å².